The van der Waals surface area contributed by atoms with Gasteiger partial charge < -0.3 is 15.0 Å². The zero-order valence-corrected chi connectivity index (χ0v) is 19.7. The lowest BCUT2D eigenvalue weighted by Gasteiger charge is -2.25. The number of carbonyl (C=O) groups excluding carboxylic acids is 1. The maximum Gasteiger partial charge on any atom is 0.263 e. The van der Waals surface area contributed by atoms with E-state index in [1.807, 2.05) is 66.2 Å². The van der Waals surface area contributed by atoms with Crippen LogP contribution in [0.15, 0.2) is 58.3 Å². The fraction of sp³-hybridized carbons (Fsp3) is 0.261. The minimum Gasteiger partial charge on any atom is -0.497 e. The number of likely N-dealkylation sites (N-methyl/N-ethyl adjacent to an activating group) is 1. The highest BCUT2D eigenvalue weighted by Crippen LogP contribution is 2.33. The van der Waals surface area contributed by atoms with Crippen molar-refractivity contribution < 1.29 is 9.53 Å². The monoisotopic (exact) mass is 468 g/mol. The van der Waals surface area contributed by atoms with Crippen molar-refractivity contribution in [3.63, 3.8) is 0 Å². The van der Waals surface area contributed by atoms with E-state index >= 15 is 0 Å². The summed E-state index contributed by atoms with van der Waals surface area (Å²) in [7, 11) is 5.56. The number of carbonyl (C=O) groups is 1. The van der Waals surface area contributed by atoms with Crippen molar-refractivity contribution in [2.75, 3.05) is 27.7 Å². The van der Waals surface area contributed by atoms with E-state index in [0.29, 0.717) is 16.8 Å². The number of hydrogen-bond donors (Lipinski definition) is 1. The third kappa shape index (κ3) is 4.59. The van der Waals surface area contributed by atoms with Gasteiger partial charge in [0.05, 0.1) is 24.9 Å². The minimum absolute atomic E-state index is 0.00973. The van der Waals surface area contributed by atoms with Gasteiger partial charge in [0.2, 0.25) is 5.91 Å². The number of aromatic nitrogens is 2. The third-order valence-electron chi connectivity index (χ3n) is 5.28. The van der Waals surface area contributed by atoms with Crippen LogP contribution in [0.25, 0.3) is 20.7 Å². The largest absolute Gasteiger partial charge is 0.497 e. The Bertz CT molecular complexity index is 1260. The molecule has 32 heavy (non-hydrogen) atoms. The molecule has 1 atom stereocenters. The number of methoxy groups -OCH3 is 1. The SMILES string of the molecule is COc1ccc([C@H](CNC(=O)Cn2cnc3scc(-c4cccs4)c3c2=O)N(C)C)cc1. The Labute approximate surface area is 193 Å². The Morgan fingerprint density at radius 3 is 2.66 bits per heavy atom. The van der Waals surface area contributed by atoms with Crippen molar-refractivity contribution in [2.45, 2.75) is 12.6 Å². The number of fused-ring (bicyclic) bond motifs is 1. The van der Waals surface area contributed by atoms with E-state index < -0.39 is 0 Å². The van der Waals surface area contributed by atoms with Crippen molar-refractivity contribution >= 4 is 38.8 Å². The number of amides is 1. The highest BCUT2D eigenvalue weighted by Gasteiger charge is 2.18. The summed E-state index contributed by atoms with van der Waals surface area (Å²) in [5.41, 5.74) is 1.74. The van der Waals surface area contributed by atoms with Gasteiger partial charge in [-0.25, -0.2) is 4.98 Å². The fourth-order valence-corrected chi connectivity index (χ4v) is 5.26. The number of benzene rings is 1. The third-order valence-corrected chi connectivity index (χ3v) is 7.07. The molecule has 7 nitrogen and oxygen atoms in total. The van der Waals surface area contributed by atoms with E-state index in [-0.39, 0.29) is 24.1 Å². The summed E-state index contributed by atoms with van der Waals surface area (Å²) in [6, 6.07) is 11.7. The second-order valence-electron chi connectivity index (χ2n) is 7.54. The number of ether oxygens (including phenoxy) is 1. The normalized spacial score (nSPS) is 12.2. The van der Waals surface area contributed by atoms with Crippen LogP contribution in [-0.2, 0) is 11.3 Å². The van der Waals surface area contributed by atoms with Gasteiger partial charge in [-0.05, 0) is 43.2 Å². The van der Waals surface area contributed by atoms with Crippen LogP contribution in [-0.4, -0.2) is 48.1 Å². The van der Waals surface area contributed by atoms with Crippen LogP contribution in [0.1, 0.15) is 11.6 Å². The van der Waals surface area contributed by atoms with E-state index in [0.717, 1.165) is 21.8 Å². The molecule has 166 valence electrons. The van der Waals surface area contributed by atoms with Gasteiger partial charge in [-0.1, -0.05) is 18.2 Å². The molecule has 0 bridgehead atoms. The molecule has 3 aromatic heterocycles. The summed E-state index contributed by atoms with van der Waals surface area (Å²) in [4.78, 5) is 33.9. The van der Waals surface area contributed by atoms with Gasteiger partial charge in [-0.15, -0.1) is 22.7 Å². The number of nitrogens with one attached hydrogen (secondary N) is 1. The highest BCUT2D eigenvalue weighted by molar-refractivity contribution is 7.18. The molecule has 1 N–H and O–H groups in total. The van der Waals surface area contributed by atoms with E-state index in [9.17, 15) is 9.59 Å². The summed E-state index contributed by atoms with van der Waals surface area (Å²) in [6.07, 6.45) is 1.45. The quantitative estimate of drug-likeness (QED) is 0.428. The summed E-state index contributed by atoms with van der Waals surface area (Å²) in [6.45, 7) is 0.339. The highest BCUT2D eigenvalue weighted by atomic mass is 32.1. The molecule has 0 aliphatic carbocycles. The number of nitrogens with zero attached hydrogens (tertiary/aromatic N) is 3. The molecule has 3 heterocycles. The van der Waals surface area contributed by atoms with E-state index in [1.54, 1.807) is 18.4 Å². The van der Waals surface area contributed by atoms with Crippen LogP contribution >= 0.6 is 22.7 Å². The van der Waals surface area contributed by atoms with E-state index in [2.05, 4.69) is 10.3 Å². The van der Waals surface area contributed by atoms with Gasteiger partial charge in [0, 0.05) is 22.4 Å². The number of rotatable bonds is 8. The maximum absolute atomic E-state index is 13.1. The van der Waals surface area contributed by atoms with E-state index in [1.165, 1.54) is 22.2 Å². The second-order valence-corrected chi connectivity index (χ2v) is 9.35. The molecule has 0 saturated carbocycles. The molecule has 4 aromatic rings. The second kappa shape index (κ2) is 9.64. The standard InChI is InChI=1S/C23H24N4O3S2/c1-26(2)18(15-6-8-16(30-3)9-7-15)11-24-20(28)12-27-14-25-22-21(23(27)29)17(13-32-22)19-5-4-10-31-19/h4-10,13-14,18H,11-12H2,1-3H3,(H,24,28)/t18-/m0/s1. The fourth-order valence-electron chi connectivity index (χ4n) is 3.54. The number of hydrogen-bond acceptors (Lipinski definition) is 7. The molecule has 1 aromatic carbocycles. The molecule has 9 heteroatoms. The Morgan fingerprint density at radius 1 is 1.22 bits per heavy atom. The molecule has 1 amide bonds. The average Bonchev–Trinajstić information content (AvgIpc) is 3.46. The lowest BCUT2D eigenvalue weighted by atomic mass is 10.1. The van der Waals surface area contributed by atoms with Gasteiger partial charge in [0.1, 0.15) is 17.1 Å². The van der Waals surface area contributed by atoms with Gasteiger partial charge in [0.25, 0.3) is 5.56 Å². The van der Waals surface area contributed by atoms with Crippen LogP contribution in [0, 0.1) is 0 Å². The lowest BCUT2D eigenvalue weighted by Crippen LogP contribution is -2.37. The first-order valence-electron chi connectivity index (χ1n) is 10.1. The molecule has 0 unspecified atom stereocenters. The lowest BCUT2D eigenvalue weighted by molar-refractivity contribution is -0.121. The van der Waals surface area contributed by atoms with Crippen LogP contribution in [0.5, 0.6) is 5.75 Å². The zero-order valence-electron chi connectivity index (χ0n) is 18.1. The molecule has 0 spiro atoms. The molecule has 0 aliphatic rings. The van der Waals surface area contributed by atoms with Crippen molar-refractivity contribution in [2.24, 2.45) is 0 Å². The van der Waals surface area contributed by atoms with Crippen molar-refractivity contribution in [1.82, 2.24) is 19.8 Å². The van der Waals surface area contributed by atoms with Crippen LogP contribution in [0.3, 0.4) is 0 Å². The van der Waals surface area contributed by atoms with Gasteiger partial charge in [0.15, 0.2) is 0 Å². The average molecular weight is 469 g/mol. The first-order valence-corrected chi connectivity index (χ1v) is 11.8. The van der Waals surface area contributed by atoms with Crippen molar-refractivity contribution in [3.8, 4) is 16.2 Å². The maximum atomic E-state index is 13.1. The summed E-state index contributed by atoms with van der Waals surface area (Å²) >= 11 is 3.02. The van der Waals surface area contributed by atoms with Crippen molar-refractivity contribution in [3.05, 3.63) is 69.4 Å². The van der Waals surface area contributed by atoms with Crippen LogP contribution < -0.4 is 15.6 Å². The smallest absolute Gasteiger partial charge is 0.263 e. The molecule has 0 aliphatic heterocycles. The van der Waals surface area contributed by atoms with Gasteiger partial charge >= 0.3 is 0 Å². The summed E-state index contributed by atoms with van der Waals surface area (Å²) in [5, 5.41) is 7.45. The molecule has 0 saturated heterocycles. The summed E-state index contributed by atoms with van der Waals surface area (Å²) in [5.74, 6) is 0.550. The van der Waals surface area contributed by atoms with Crippen LogP contribution in [0.4, 0.5) is 0 Å². The zero-order chi connectivity index (χ0) is 22.7. The van der Waals surface area contributed by atoms with Crippen LogP contribution in [0.2, 0.25) is 0 Å². The first-order chi connectivity index (χ1) is 15.5. The number of thiophene rings is 2. The Balaban J connectivity index is 1.49. The van der Waals surface area contributed by atoms with E-state index in [4.69, 9.17) is 4.74 Å². The molecular formula is C23H24N4O3S2. The van der Waals surface area contributed by atoms with Gasteiger partial charge in [-0.2, -0.15) is 0 Å². The Morgan fingerprint density at radius 2 is 2.00 bits per heavy atom. The molecule has 0 fully saturated rings. The first kappa shape index (κ1) is 22.2. The molecule has 0 radical (unpaired) electrons. The Kier molecular flexibility index (Phi) is 6.69. The van der Waals surface area contributed by atoms with Crippen molar-refractivity contribution in [1.29, 1.82) is 0 Å². The minimum atomic E-state index is -0.235. The summed E-state index contributed by atoms with van der Waals surface area (Å²) < 4.78 is 6.60. The molecule has 4 rings (SSSR count). The topological polar surface area (TPSA) is 76.5 Å². The Hall–Kier alpha value is -3.01. The molecular weight excluding hydrogens is 444 g/mol. The van der Waals surface area contributed by atoms with Gasteiger partial charge in [-0.3, -0.25) is 14.2 Å². The predicted octanol–water partition coefficient (Wildman–Crippen LogP) is 3.61. The predicted molar refractivity (Wildman–Crippen MR) is 130 cm³/mol.